The zero-order valence-electron chi connectivity index (χ0n) is 10.4. The second-order valence-electron chi connectivity index (χ2n) is 4.32. The first-order valence-corrected chi connectivity index (χ1v) is 7.69. The normalized spacial score (nSPS) is 20.8. The van der Waals surface area contributed by atoms with Crippen LogP contribution in [0, 0.1) is 0 Å². The number of rotatable bonds is 5. The molecule has 1 rings (SSSR count). The maximum atomic E-state index is 11.6. The summed E-state index contributed by atoms with van der Waals surface area (Å²) in [6, 6.07) is -0.565. The third-order valence-electron chi connectivity index (χ3n) is 2.75. The molecule has 9 heteroatoms. The van der Waals surface area contributed by atoms with Crippen LogP contribution in [0.25, 0.3) is 0 Å². The van der Waals surface area contributed by atoms with Crippen molar-refractivity contribution >= 4 is 28.1 Å². The van der Waals surface area contributed by atoms with E-state index in [1.807, 2.05) is 0 Å². The topological polar surface area (TPSA) is 127 Å². The first kappa shape index (κ1) is 15.6. The van der Waals surface area contributed by atoms with Gasteiger partial charge in [0, 0.05) is 12.6 Å². The van der Waals surface area contributed by atoms with E-state index in [-0.39, 0.29) is 30.9 Å². The van der Waals surface area contributed by atoms with Crippen molar-refractivity contribution in [3.05, 3.63) is 0 Å². The van der Waals surface area contributed by atoms with Crippen LogP contribution in [0.15, 0.2) is 0 Å². The highest BCUT2D eigenvalue weighted by Crippen LogP contribution is 2.11. The molecule has 0 aromatic rings. The van der Waals surface area contributed by atoms with Crippen LogP contribution in [-0.2, 0) is 24.2 Å². The summed E-state index contributed by atoms with van der Waals surface area (Å²) in [6.45, 7) is 0.356. The van der Waals surface area contributed by atoms with E-state index in [4.69, 9.17) is 5.73 Å². The van der Waals surface area contributed by atoms with Crippen molar-refractivity contribution in [1.29, 1.82) is 0 Å². The number of hydrogen-bond acceptors (Lipinski definition) is 6. The summed E-state index contributed by atoms with van der Waals surface area (Å²) in [5.74, 6) is -2.13. The highest BCUT2D eigenvalue weighted by Gasteiger charge is 2.31. The number of amides is 3. The number of hydrogen-bond donors (Lipinski definition) is 2. The molecule has 1 aliphatic heterocycles. The molecule has 0 spiro atoms. The molecule has 3 amide bonds. The number of nitrogens with one attached hydrogen (secondary N) is 1. The van der Waals surface area contributed by atoms with Crippen LogP contribution in [0.2, 0.25) is 0 Å². The minimum Gasteiger partial charge on any atom is -0.344 e. The number of carbonyl (C=O) groups is 3. The van der Waals surface area contributed by atoms with Crippen LogP contribution in [0.1, 0.15) is 12.8 Å². The van der Waals surface area contributed by atoms with Crippen molar-refractivity contribution in [1.82, 2.24) is 10.2 Å². The summed E-state index contributed by atoms with van der Waals surface area (Å²) < 4.78 is 22.4. The molecule has 1 aliphatic rings. The average molecular weight is 291 g/mol. The van der Waals surface area contributed by atoms with Crippen LogP contribution in [0.3, 0.4) is 0 Å². The summed E-state index contributed by atoms with van der Waals surface area (Å²) in [5.41, 5.74) is 5.25. The van der Waals surface area contributed by atoms with Gasteiger partial charge in [0.15, 0.2) is 9.84 Å². The Bertz CT molecular complexity index is 462. The van der Waals surface area contributed by atoms with Crippen LogP contribution >= 0.6 is 0 Å². The second-order valence-corrected chi connectivity index (χ2v) is 6.55. The monoisotopic (exact) mass is 291 g/mol. The lowest BCUT2D eigenvalue weighted by Crippen LogP contribution is -2.47. The first-order valence-electron chi connectivity index (χ1n) is 5.87. The van der Waals surface area contributed by atoms with E-state index < -0.39 is 27.7 Å². The van der Waals surface area contributed by atoms with Gasteiger partial charge in [0.1, 0.15) is 0 Å². The van der Waals surface area contributed by atoms with E-state index in [1.165, 1.54) is 0 Å². The molecule has 0 saturated carbocycles. The lowest BCUT2D eigenvalue weighted by atomic mass is 10.2. The smallest absolute Gasteiger partial charge is 0.318 e. The zero-order chi connectivity index (χ0) is 14.5. The molecule has 1 heterocycles. The van der Waals surface area contributed by atoms with Gasteiger partial charge in [-0.1, -0.05) is 0 Å². The van der Waals surface area contributed by atoms with E-state index in [1.54, 1.807) is 0 Å². The minimum absolute atomic E-state index is 0.00327. The van der Waals surface area contributed by atoms with Crippen LogP contribution < -0.4 is 11.1 Å². The number of imide groups is 1. The summed E-state index contributed by atoms with van der Waals surface area (Å²) in [5, 5.41) is 2.33. The van der Waals surface area contributed by atoms with E-state index >= 15 is 0 Å². The number of sulfone groups is 1. The van der Waals surface area contributed by atoms with Gasteiger partial charge in [-0.3, -0.25) is 19.3 Å². The number of nitrogens with two attached hydrogens (primary N) is 1. The van der Waals surface area contributed by atoms with Crippen LogP contribution in [0.5, 0.6) is 0 Å². The zero-order valence-corrected chi connectivity index (χ0v) is 11.2. The van der Waals surface area contributed by atoms with Crippen molar-refractivity contribution < 1.29 is 22.8 Å². The summed E-state index contributed by atoms with van der Waals surface area (Å²) >= 11 is 0. The molecule has 0 bridgehead atoms. The van der Waals surface area contributed by atoms with E-state index in [0.29, 0.717) is 13.0 Å². The Labute approximate surface area is 111 Å². The van der Waals surface area contributed by atoms with Gasteiger partial charge >= 0.3 is 11.8 Å². The van der Waals surface area contributed by atoms with Gasteiger partial charge < -0.3 is 11.1 Å². The Morgan fingerprint density at radius 2 is 2.11 bits per heavy atom. The molecular formula is C10H17N3O5S. The molecular weight excluding hydrogens is 274 g/mol. The van der Waals surface area contributed by atoms with Gasteiger partial charge in [-0.25, -0.2) is 8.42 Å². The van der Waals surface area contributed by atoms with Crippen molar-refractivity contribution in [2.24, 2.45) is 5.73 Å². The number of carbonyl (C=O) groups excluding carboxylic acids is 3. The fourth-order valence-corrected chi connectivity index (χ4v) is 3.42. The maximum absolute atomic E-state index is 11.6. The second kappa shape index (κ2) is 6.62. The van der Waals surface area contributed by atoms with Crippen LogP contribution in [-0.4, -0.2) is 62.2 Å². The minimum atomic E-state index is -3.13. The molecule has 8 nitrogen and oxygen atoms in total. The summed E-state index contributed by atoms with van der Waals surface area (Å²) in [6.07, 6.45) is 0.948. The SMILES string of the molecule is NCCCN(C=O)C(=O)C(=O)NC1CCS(=O)(=O)C1. The predicted octanol–water partition coefficient (Wildman–Crippen LogP) is -2.38. The number of nitrogens with zero attached hydrogens (tertiary/aromatic N) is 1. The van der Waals surface area contributed by atoms with Gasteiger partial charge in [0.05, 0.1) is 11.5 Å². The van der Waals surface area contributed by atoms with Crippen LogP contribution in [0.4, 0.5) is 0 Å². The molecule has 0 aromatic heterocycles. The average Bonchev–Trinajstić information content (AvgIpc) is 2.69. The standard InChI is InChI=1S/C10H17N3O5S/c11-3-1-4-13(7-14)10(16)9(15)12-8-2-5-19(17,18)6-8/h7-8H,1-6,11H2,(H,12,15). The fourth-order valence-electron chi connectivity index (χ4n) is 1.75. The Morgan fingerprint density at radius 3 is 2.58 bits per heavy atom. The third kappa shape index (κ3) is 4.60. The molecule has 108 valence electrons. The Kier molecular flexibility index (Phi) is 5.43. The lowest BCUT2D eigenvalue weighted by molar-refractivity contribution is -0.149. The molecule has 1 saturated heterocycles. The van der Waals surface area contributed by atoms with Gasteiger partial charge in [0.25, 0.3) is 0 Å². The van der Waals surface area contributed by atoms with E-state index in [9.17, 15) is 22.8 Å². The molecule has 1 fully saturated rings. The largest absolute Gasteiger partial charge is 0.344 e. The highest BCUT2D eigenvalue weighted by atomic mass is 32.2. The maximum Gasteiger partial charge on any atom is 0.318 e. The molecule has 1 unspecified atom stereocenters. The van der Waals surface area contributed by atoms with Gasteiger partial charge in [-0.15, -0.1) is 0 Å². The summed E-state index contributed by atoms with van der Waals surface area (Å²) in [4.78, 5) is 34.6. The summed E-state index contributed by atoms with van der Waals surface area (Å²) in [7, 11) is -3.13. The Balaban J connectivity index is 2.52. The van der Waals surface area contributed by atoms with E-state index in [2.05, 4.69) is 5.32 Å². The first-order chi connectivity index (χ1) is 8.89. The fraction of sp³-hybridized carbons (Fsp3) is 0.700. The van der Waals surface area contributed by atoms with Crippen molar-refractivity contribution in [3.63, 3.8) is 0 Å². The predicted molar refractivity (Wildman–Crippen MR) is 66.6 cm³/mol. The third-order valence-corrected chi connectivity index (χ3v) is 4.52. The quantitative estimate of drug-likeness (QED) is 0.430. The van der Waals surface area contributed by atoms with Gasteiger partial charge in [-0.05, 0) is 19.4 Å². The molecule has 0 aliphatic carbocycles. The van der Waals surface area contributed by atoms with Crippen molar-refractivity contribution in [2.75, 3.05) is 24.6 Å². The molecule has 19 heavy (non-hydrogen) atoms. The molecule has 1 atom stereocenters. The Morgan fingerprint density at radius 1 is 1.42 bits per heavy atom. The molecule has 3 N–H and O–H groups in total. The molecule has 0 radical (unpaired) electrons. The van der Waals surface area contributed by atoms with Crippen molar-refractivity contribution in [3.8, 4) is 0 Å². The molecule has 0 aromatic carbocycles. The Hall–Kier alpha value is -1.48. The highest BCUT2D eigenvalue weighted by molar-refractivity contribution is 7.91. The van der Waals surface area contributed by atoms with Gasteiger partial charge in [0.2, 0.25) is 6.41 Å². The lowest BCUT2D eigenvalue weighted by Gasteiger charge is -2.16. The van der Waals surface area contributed by atoms with E-state index in [0.717, 1.165) is 4.90 Å². The van der Waals surface area contributed by atoms with Gasteiger partial charge in [-0.2, -0.15) is 0 Å². The van der Waals surface area contributed by atoms with Crippen molar-refractivity contribution in [2.45, 2.75) is 18.9 Å².